The molecule has 98 heavy (non-hydrogen) atoms. The second-order valence-corrected chi connectivity index (χ2v) is 26.1. The first-order chi connectivity index (χ1) is 48.6. The first-order valence-corrected chi connectivity index (χ1v) is 33.4. The van der Waals surface area contributed by atoms with Crippen LogP contribution in [-0.4, -0.2) is 47.0 Å². The van der Waals surface area contributed by atoms with Crippen molar-refractivity contribution in [1.29, 1.82) is 0 Å². The lowest BCUT2D eigenvalue weighted by molar-refractivity contribution is 0.979. The fourth-order valence-corrected chi connectivity index (χ4v) is 17.1. The van der Waals surface area contributed by atoms with Crippen molar-refractivity contribution in [3.63, 3.8) is 0 Å². The molecule has 8 heterocycles. The Morgan fingerprint density at radius 3 is 1.28 bits per heavy atom. The minimum absolute atomic E-state index is 0.766. The van der Waals surface area contributed by atoms with Crippen molar-refractivity contribution in [1.82, 2.24) is 47.0 Å². The highest BCUT2D eigenvalue weighted by molar-refractivity contribution is 6.26. The van der Waals surface area contributed by atoms with E-state index in [0.29, 0.717) is 0 Å². The van der Waals surface area contributed by atoms with Gasteiger partial charge in [-0.05, 0) is 147 Å². The molecule has 0 amide bonds. The molecule has 0 unspecified atom stereocenters. The molecule has 0 saturated carbocycles. The molecule has 8 aromatic heterocycles. The first kappa shape index (κ1) is 52.0. The van der Waals surface area contributed by atoms with E-state index in [4.69, 9.17) is 19.9 Å². The summed E-state index contributed by atoms with van der Waals surface area (Å²) in [4.78, 5) is 22.4. The fourth-order valence-electron chi connectivity index (χ4n) is 17.1. The van der Waals surface area contributed by atoms with Crippen molar-refractivity contribution in [3.8, 4) is 34.4 Å². The van der Waals surface area contributed by atoms with E-state index in [1.165, 1.54) is 64.9 Å². The maximum Gasteiger partial charge on any atom is 0.221 e. The van der Waals surface area contributed by atoms with Gasteiger partial charge in [-0.2, -0.15) is 0 Å². The number of nitrogens with zero attached hydrogens (tertiary/aromatic N) is 10. The first-order valence-electron chi connectivity index (χ1n) is 33.4. The van der Waals surface area contributed by atoms with Crippen molar-refractivity contribution in [2.75, 3.05) is 0 Å². The quantitative estimate of drug-likeness (QED) is 0.172. The summed E-state index contributed by atoms with van der Waals surface area (Å²) in [5.41, 5.74) is 20.4. The molecule has 0 saturated heterocycles. The Labute approximate surface area is 556 Å². The van der Waals surface area contributed by atoms with E-state index in [2.05, 4.69) is 330 Å². The van der Waals surface area contributed by atoms with Gasteiger partial charge in [0.05, 0.1) is 82.6 Å². The lowest BCUT2D eigenvalue weighted by Crippen LogP contribution is -2.07. The molecule has 23 aromatic rings. The second kappa shape index (κ2) is 19.1. The standard InChI is InChI=1S/C88H50N10/c1-4-22-56-51(19-1)40-45-78-80(56)65-49-54(42-47-73(65)95(78)87-91-67-30-10-7-26-63(67)85-89-68-31-11-15-36-75(68)97(85)87)93-72-35-14-9-27-64(72)82-60(29-18-38-77(82)93)61-28-17-33-70-83(61)86-90-69-32-12-16-37-76(69)98(86)88(92-70)96-74-48-43-55(50-66(74)81-57-23-5-2-20-52(57)41-46-79(81)96)94-71-34-13-8-25-59(71)62-44-39-53-21-3-6-24-58(53)84(62)94/h1-50H. The van der Waals surface area contributed by atoms with Crippen LogP contribution in [0.5, 0.6) is 0 Å². The number of hydrogen-bond acceptors (Lipinski definition) is 4. The normalized spacial score (nSPS) is 12.5. The van der Waals surface area contributed by atoms with Crippen LogP contribution in [0.4, 0.5) is 0 Å². The van der Waals surface area contributed by atoms with Gasteiger partial charge < -0.3 is 9.13 Å². The molecule has 10 nitrogen and oxygen atoms in total. The van der Waals surface area contributed by atoms with Crippen LogP contribution in [0.2, 0.25) is 0 Å². The van der Waals surface area contributed by atoms with Crippen LogP contribution in [0.15, 0.2) is 303 Å². The van der Waals surface area contributed by atoms with Gasteiger partial charge in [0, 0.05) is 65.2 Å². The second-order valence-electron chi connectivity index (χ2n) is 26.1. The van der Waals surface area contributed by atoms with Crippen LogP contribution in [0.1, 0.15) is 0 Å². The Hall–Kier alpha value is -13.4. The third kappa shape index (κ3) is 6.83. The summed E-state index contributed by atoms with van der Waals surface area (Å²) in [5, 5.41) is 18.5. The van der Waals surface area contributed by atoms with Gasteiger partial charge >= 0.3 is 0 Å². The Bertz CT molecular complexity index is 7520. The summed E-state index contributed by atoms with van der Waals surface area (Å²) in [5.74, 6) is 1.55. The van der Waals surface area contributed by atoms with Gasteiger partial charge in [-0.15, -0.1) is 0 Å². The zero-order valence-electron chi connectivity index (χ0n) is 52.3. The van der Waals surface area contributed by atoms with Crippen LogP contribution < -0.4 is 0 Å². The Kier molecular flexibility index (Phi) is 10.1. The van der Waals surface area contributed by atoms with E-state index < -0.39 is 0 Å². The van der Waals surface area contributed by atoms with E-state index in [0.717, 1.165) is 144 Å². The summed E-state index contributed by atoms with van der Waals surface area (Å²) < 4.78 is 14.2. The molecular weight excluding hydrogens is 1200 g/mol. The number of fused-ring (bicyclic) bond motifs is 28. The largest absolute Gasteiger partial charge is 0.309 e. The van der Waals surface area contributed by atoms with E-state index in [1.54, 1.807) is 0 Å². The third-order valence-corrected chi connectivity index (χ3v) is 21.1. The molecule has 0 bridgehead atoms. The maximum atomic E-state index is 5.92. The van der Waals surface area contributed by atoms with Crippen LogP contribution in [-0.2, 0) is 0 Å². The minimum atomic E-state index is 0.766. The van der Waals surface area contributed by atoms with Crippen LogP contribution >= 0.6 is 0 Å². The number of rotatable bonds is 5. The highest BCUT2D eigenvalue weighted by Gasteiger charge is 2.28. The average molecular weight is 1250 g/mol. The molecule has 0 atom stereocenters. The summed E-state index contributed by atoms with van der Waals surface area (Å²) in [6.07, 6.45) is 0. The molecule has 0 N–H and O–H groups in total. The molecule has 0 aliphatic carbocycles. The molecule has 23 rings (SSSR count). The lowest BCUT2D eigenvalue weighted by atomic mass is 9.96. The Balaban J connectivity index is 0.760. The van der Waals surface area contributed by atoms with E-state index in [9.17, 15) is 0 Å². The highest BCUT2D eigenvalue weighted by atomic mass is 15.2. The van der Waals surface area contributed by atoms with Gasteiger partial charge in [0.1, 0.15) is 5.65 Å². The average Bonchev–Trinajstić information content (AvgIpc) is 1.54. The van der Waals surface area contributed by atoms with Gasteiger partial charge in [-0.3, -0.25) is 17.9 Å². The van der Waals surface area contributed by atoms with Crippen molar-refractivity contribution in [3.05, 3.63) is 303 Å². The number of benzene rings is 15. The van der Waals surface area contributed by atoms with Gasteiger partial charge in [-0.1, -0.05) is 194 Å². The molecule has 452 valence electrons. The summed E-state index contributed by atoms with van der Waals surface area (Å²) in [7, 11) is 0. The van der Waals surface area contributed by atoms with Gasteiger partial charge in [0.25, 0.3) is 0 Å². The van der Waals surface area contributed by atoms with Crippen molar-refractivity contribution in [2.45, 2.75) is 0 Å². The zero-order valence-corrected chi connectivity index (χ0v) is 52.3. The molecular formula is C88H50N10. The molecule has 0 aliphatic rings. The number of imidazole rings is 2. The summed E-state index contributed by atoms with van der Waals surface area (Å²) in [6, 6.07) is 110. The van der Waals surface area contributed by atoms with Gasteiger partial charge in [-0.25, -0.2) is 19.9 Å². The van der Waals surface area contributed by atoms with Gasteiger partial charge in [0.2, 0.25) is 11.9 Å². The summed E-state index contributed by atoms with van der Waals surface area (Å²) >= 11 is 0. The van der Waals surface area contributed by atoms with Gasteiger partial charge in [0.15, 0.2) is 5.65 Å². The number of para-hydroxylation sites is 7. The summed E-state index contributed by atoms with van der Waals surface area (Å²) in [6.45, 7) is 0. The lowest BCUT2D eigenvalue weighted by Gasteiger charge is -2.15. The van der Waals surface area contributed by atoms with E-state index in [-0.39, 0.29) is 0 Å². The number of aromatic nitrogens is 10. The number of hydrogen-bond donors (Lipinski definition) is 0. The Morgan fingerprint density at radius 1 is 0.204 bits per heavy atom. The monoisotopic (exact) mass is 1250 g/mol. The van der Waals surface area contributed by atoms with Crippen molar-refractivity contribution in [2.24, 2.45) is 0 Å². The molecule has 0 fully saturated rings. The molecule has 10 heteroatoms. The highest BCUT2D eigenvalue weighted by Crippen LogP contribution is 2.47. The fraction of sp³-hybridized carbons (Fsp3) is 0. The predicted molar refractivity (Wildman–Crippen MR) is 405 cm³/mol. The van der Waals surface area contributed by atoms with Crippen LogP contribution in [0, 0.1) is 0 Å². The SMILES string of the molecule is c1ccc2c(c1)ccc1c2c2cc(-n3c4ccccc4c4c(-c5cccc6nc(-n7c8ccc(-n9c%10ccccc%10c%10ccc%11ccccc%11c%109)cc8c8c9ccccc9ccc87)n7c8ccccc8nc7c56)cccc43)ccc2n1-c1nc2ccccc2c2nc3ccccc3n12. The zero-order chi connectivity index (χ0) is 63.6. The molecule has 15 aromatic carbocycles. The van der Waals surface area contributed by atoms with Crippen LogP contribution in [0.25, 0.3) is 209 Å². The predicted octanol–water partition coefficient (Wildman–Crippen LogP) is 21.9. The smallest absolute Gasteiger partial charge is 0.221 e. The molecule has 0 aliphatic heterocycles. The molecule has 0 radical (unpaired) electrons. The minimum Gasteiger partial charge on any atom is -0.309 e. The van der Waals surface area contributed by atoms with E-state index in [1.807, 2.05) is 0 Å². The van der Waals surface area contributed by atoms with Crippen LogP contribution in [0.3, 0.4) is 0 Å². The third-order valence-electron chi connectivity index (χ3n) is 21.1. The van der Waals surface area contributed by atoms with E-state index >= 15 is 0 Å². The Morgan fingerprint density at radius 2 is 0.622 bits per heavy atom. The topological polar surface area (TPSA) is 80.1 Å². The van der Waals surface area contributed by atoms with Crippen molar-refractivity contribution >= 4 is 175 Å². The maximum absolute atomic E-state index is 5.92. The van der Waals surface area contributed by atoms with Crippen molar-refractivity contribution < 1.29 is 0 Å². The molecule has 0 spiro atoms.